The van der Waals surface area contributed by atoms with Crippen molar-refractivity contribution in [2.75, 3.05) is 42.9 Å². The highest BCUT2D eigenvalue weighted by molar-refractivity contribution is 6.09. The van der Waals surface area contributed by atoms with E-state index in [-0.39, 0.29) is 56.1 Å². The molecule has 1 atom stereocenters. The van der Waals surface area contributed by atoms with Gasteiger partial charge in [-0.05, 0) is 75.1 Å². The van der Waals surface area contributed by atoms with Crippen LogP contribution in [0.2, 0.25) is 0 Å². The maximum Gasteiger partial charge on any atom is 0.261 e. The summed E-state index contributed by atoms with van der Waals surface area (Å²) >= 11 is 0. The smallest absolute Gasteiger partial charge is 0.261 e. The molecule has 0 spiro atoms. The molecule has 0 radical (unpaired) electrons. The Morgan fingerprint density at radius 3 is 2.57 bits per heavy atom. The van der Waals surface area contributed by atoms with Crippen LogP contribution in [-0.4, -0.2) is 111 Å². The molecular formula is C39H41F2N9O6. The van der Waals surface area contributed by atoms with E-state index >= 15 is 8.78 Å². The second-order valence-corrected chi connectivity index (χ2v) is 15.2. The Morgan fingerprint density at radius 2 is 1.84 bits per heavy atom. The fourth-order valence-corrected chi connectivity index (χ4v) is 7.95. The van der Waals surface area contributed by atoms with Crippen LogP contribution in [0.4, 0.5) is 20.2 Å². The summed E-state index contributed by atoms with van der Waals surface area (Å²) in [4.78, 5) is 73.0. The van der Waals surface area contributed by atoms with Gasteiger partial charge in [0.25, 0.3) is 17.7 Å². The van der Waals surface area contributed by atoms with E-state index in [4.69, 9.17) is 4.74 Å². The zero-order chi connectivity index (χ0) is 39.3. The molecule has 2 aromatic carbocycles. The van der Waals surface area contributed by atoms with Crippen LogP contribution >= 0.6 is 0 Å². The van der Waals surface area contributed by atoms with E-state index in [0.29, 0.717) is 66.4 Å². The Bertz CT molecular complexity index is 2250. The number of benzene rings is 2. The predicted molar refractivity (Wildman–Crippen MR) is 199 cm³/mol. The number of carbonyl (C=O) groups is 5. The lowest BCUT2D eigenvalue weighted by Crippen LogP contribution is -2.64. The van der Waals surface area contributed by atoms with Crippen LogP contribution in [-0.2, 0) is 16.1 Å². The van der Waals surface area contributed by atoms with Crippen molar-refractivity contribution in [2.24, 2.45) is 0 Å². The summed E-state index contributed by atoms with van der Waals surface area (Å²) < 4.78 is 38.5. The average Bonchev–Trinajstić information content (AvgIpc) is 3.72. The highest BCUT2D eigenvalue weighted by Gasteiger charge is 2.46. The predicted octanol–water partition coefficient (Wildman–Crippen LogP) is 3.09. The molecule has 0 bridgehead atoms. The van der Waals surface area contributed by atoms with Crippen molar-refractivity contribution in [3.63, 3.8) is 0 Å². The number of imide groups is 1. The number of halogens is 2. The van der Waals surface area contributed by atoms with Gasteiger partial charge in [0.2, 0.25) is 11.8 Å². The highest BCUT2D eigenvalue weighted by Crippen LogP contribution is 2.38. The van der Waals surface area contributed by atoms with Crippen LogP contribution in [0.25, 0.3) is 5.65 Å². The molecule has 8 rings (SSSR count). The van der Waals surface area contributed by atoms with E-state index in [9.17, 15) is 24.0 Å². The van der Waals surface area contributed by atoms with Crippen molar-refractivity contribution in [3.05, 3.63) is 83.1 Å². The first-order chi connectivity index (χ1) is 26.8. The number of nitrogens with zero attached hydrogens (tertiary/aromatic N) is 6. The fourth-order valence-electron chi connectivity index (χ4n) is 7.95. The van der Waals surface area contributed by atoms with Crippen molar-refractivity contribution in [1.29, 1.82) is 0 Å². The molecule has 3 N–H and O–H groups in total. The average molecular weight is 770 g/mol. The summed E-state index contributed by atoms with van der Waals surface area (Å²) in [5.41, 5.74) is 1.13. The van der Waals surface area contributed by atoms with Gasteiger partial charge in [0, 0.05) is 62.3 Å². The minimum absolute atomic E-state index is 0.0503. The zero-order valence-electron chi connectivity index (χ0n) is 30.9. The van der Waals surface area contributed by atoms with Crippen molar-refractivity contribution in [2.45, 2.75) is 69.9 Å². The van der Waals surface area contributed by atoms with Gasteiger partial charge in [-0.15, -0.1) is 0 Å². The maximum absolute atomic E-state index is 15.9. The fraction of sp³-hybridized carbons (Fsp3) is 0.410. The number of aromatic nitrogens is 3. The summed E-state index contributed by atoms with van der Waals surface area (Å²) in [6.45, 7) is 5.61. The molecule has 17 heteroatoms. The van der Waals surface area contributed by atoms with E-state index in [1.165, 1.54) is 22.8 Å². The molecule has 6 heterocycles. The summed E-state index contributed by atoms with van der Waals surface area (Å²) in [5.74, 6) is -2.75. The summed E-state index contributed by atoms with van der Waals surface area (Å²) in [5, 5.41) is 11.8. The lowest BCUT2D eigenvalue weighted by molar-refractivity contribution is -0.134. The standard InChI is InChI=1S/C39H41F2N9O6/c1-22(2)56-32-16-27-23(14-31(32)45-36(53)28-17-43-50-11-3-10-42-34(28)50)18-49(38(27)55)24-8-12-47(13-9-24)19-39(41)20-48(21-39)25-4-5-26(29(40)15-25)35(52)44-30-6-7-33(51)46-37(30)54/h3-5,10-11,14-17,22,24,30H,6-9,12-13,18-21H2,1-2H3,(H,44,52)(H,45,53)(H,46,51,54). The number of carbonyl (C=O) groups excluding carboxylic acids is 5. The Kier molecular flexibility index (Phi) is 9.64. The summed E-state index contributed by atoms with van der Waals surface area (Å²) in [6, 6.07) is 8.27. The molecule has 0 aliphatic carbocycles. The topological polar surface area (TPSA) is 171 Å². The Morgan fingerprint density at radius 1 is 1.05 bits per heavy atom. The first-order valence-electron chi connectivity index (χ1n) is 18.7. The third-order valence-corrected chi connectivity index (χ3v) is 10.7. The number of rotatable bonds is 10. The van der Waals surface area contributed by atoms with Crippen molar-refractivity contribution >= 4 is 46.6 Å². The molecule has 0 saturated carbocycles. The minimum Gasteiger partial charge on any atom is -0.489 e. The van der Waals surface area contributed by atoms with Crippen LogP contribution < -0.4 is 25.6 Å². The number of hydrogen-bond acceptors (Lipinski definition) is 10. The summed E-state index contributed by atoms with van der Waals surface area (Å²) in [7, 11) is 0. The number of nitrogens with one attached hydrogen (secondary N) is 3. The molecular weight excluding hydrogens is 728 g/mol. The Labute approximate surface area is 320 Å². The Balaban J connectivity index is 0.850. The molecule has 15 nitrogen and oxygen atoms in total. The van der Waals surface area contributed by atoms with E-state index < -0.39 is 41.2 Å². The zero-order valence-corrected chi connectivity index (χ0v) is 30.9. The van der Waals surface area contributed by atoms with E-state index in [2.05, 4.69) is 30.9 Å². The van der Waals surface area contributed by atoms with E-state index in [1.807, 2.05) is 18.7 Å². The molecule has 56 heavy (non-hydrogen) atoms. The SMILES string of the molecule is CC(C)Oc1cc2c(cc1NC(=O)c1cnn3cccnc13)CN(C1CCN(CC3(F)CN(c4ccc(C(=O)NC5CCC(=O)NC5=O)c(F)c4)C3)CC1)C2=O. The molecule has 3 saturated heterocycles. The number of hydrogen-bond donors (Lipinski definition) is 3. The molecule has 3 fully saturated rings. The molecule has 2 aromatic heterocycles. The molecule has 1 unspecified atom stereocenters. The van der Waals surface area contributed by atoms with Crippen LogP contribution in [0.1, 0.15) is 76.2 Å². The number of fused-ring (bicyclic) bond motifs is 2. The van der Waals surface area contributed by atoms with Gasteiger partial charge in [0.05, 0.1) is 36.6 Å². The number of ether oxygens (including phenoxy) is 1. The monoisotopic (exact) mass is 769 g/mol. The normalized spacial score (nSPS) is 19.9. The Hall–Kier alpha value is -5.97. The number of alkyl halides is 1. The number of piperidine rings is 2. The molecule has 4 aliphatic rings. The number of anilines is 2. The van der Waals surface area contributed by atoms with Gasteiger partial charge in [-0.1, -0.05) is 0 Å². The quantitative estimate of drug-likeness (QED) is 0.204. The van der Waals surface area contributed by atoms with Crippen LogP contribution in [0.5, 0.6) is 5.75 Å². The van der Waals surface area contributed by atoms with E-state index in [1.54, 1.807) is 41.6 Å². The summed E-state index contributed by atoms with van der Waals surface area (Å²) in [6.07, 6.45) is 6.06. The van der Waals surface area contributed by atoms with Gasteiger partial charge < -0.3 is 25.2 Å². The van der Waals surface area contributed by atoms with Gasteiger partial charge >= 0.3 is 0 Å². The van der Waals surface area contributed by atoms with Crippen LogP contribution in [0, 0.1) is 5.82 Å². The lowest BCUT2D eigenvalue weighted by Gasteiger charge is -2.49. The third kappa shape index (κ3) is 7.25. The first kappa shape index (κ1) is 37.0. The number of amides is 5. The number of likely N-dealkylation sites (tertiary alicyclic amines) is 1. The lowest BCUT2D eigenvalue weighted by atomic mass is 9.92. The third-order valence-electron chi connectivity index (χ3n) is 10.7. The second-order valence-electron chi connectivity index (χ2n) is 15.2. The molecule has 4 aromatic rings. The van der Waals surface area contributed by atoms with Crippen molar-refractivity contribution in [3.8, 4) is 5.75 Å². The maximum atomic E-state index is 15.9. The first-order valence-corrected chi connectivity index (χ1v) is 18.7. The van der Waals surface area contributed by atoms with Crippen LogP contribution in [0.3, 0.4) is 0 Å². The van der Waals surface area contributed by atoms with Crippen LogP contribution in [0.15, 0.2) is 55.0 Å². The molecule has 292 valence electrons. The largest absolute Gasteiger partial charge is 0.489 e. The van der Waals surface area contributed by atoms with Gasteiger partial charge in [0.1, 0.15) is 23.2 Å². The van der Waals surface area contributed by atoms with E-state index in [0.717, 1.165) is 5.56 Å². The van der Waals surface area contributed by atoms with Gasteiger partial charge in [0.15, 0.2) is 11.3 Å². The molecule has 5 amide bonds. The molecule has 4 aliphatic heterocycles. The highest BCUT2D eigenvalue weighted by atomic mass is 19.1. The minimum atomic E-state index is -1.52. The van der Waals surface area contributed by atoms with Gasteiger partial charge in [-0.3, -0.25) is 34.2 Å². The second kappa shape index (κ2) is 14.6. The van der Waals surface area contributed by atoms with Gasteiger partial charge in [-0.25, -0.2) is 18.3 Å². The van der Waals surface area contributed by atoms with Crippen molar-refractivity contribution < 1.29 is 37.5 Å². The van der Waals surface area contributed by atoms with Gasteiger partial charge in [-0.2, -0.15) is 5.10 Å². The van der Waals surface area contributed by atoms with Crippen molar-refractivity contribution in [1.82, 2.24) is 35.0 Å².